The lowest BCUT2D eigenvalue weighted by molar-refractivity contribution is 1.16. The van der Waals surface area contributed by atoms with Crippen molar-refractivity contribution < 1.29 is 0 Å². The Balaban J connectivity index is 0.000000153. The van der Waals surface area contributed by atoms with Gasteiger partial charge in [0.2, 0.25) is 0 Å². The summed E-state index contributed by atoms with van der Waals surface area (Å²) in [6, 6.07) is 122. The molecule has 11 aromatic heterocycles. The Hall–Kier alpha value is -16.5. The molecule has 0 atom stereocenters. The lowest BCUT2D eigenvalue weighted by Crippen LogP contribution is -1.92. The van der Waals surface area contributed by atoms with E-state index in [4.69, 9.17) is 4.98 Å². The van der Waals surface area contributed by atoms with E-state index in [2.05, 4.69) is 248 Å². The van der Waals surface area contributed by atoms with Gasteiger partial charge < -0.3 is 0 Å². The molecule has 20 rings (SSSR count). The molecule has 640 valence electrons. The second kappa shape index (κ2) is 52.3. The van der Waals surface area contributed by atoms with Crippen LogP contribution in [0.4, 0.5) is 0 Å². The summed E-state index contributed by atoms with van der Waals surface area (Å²) in [5.41, 5.74) is 30.9. The summed E-state index contributed by atoms with van der Waals surface area (Å²) in [6.45, 7) is 20.0. The zero-order chi connectivity index (χ0) is 91.0. The summed E-state index contributed by atoms with van der Waals surface area (Å²) in [7, 11) is 0. The van der Waals surface area contributed by atoms with Crippen LogP contribution in [0.1, 0.15) is 69.2 Å². The molecule has 0 saturated carbocycles. The summed E-state index contributed by atoms with van der Waals surface area (Å²) < 4.78 is 0. The number of hydrogen-bond donors (Lipinski definition) is 0. The van der Waals surface area contributed by atoms with E-state index in [-0.39, 0.29) is 0 Å². The van der Waals surface area contributed by atoms with Crippen LogP contribution in [-0.2, 0) is 0 Å². The molecule has 0 fully saturated rings. The van der Waals surface area contributed by atoms with Crippen LogP contribution in [-0.4, -0.2) is 64.8 Å². The first-order valence-corrected chi connectivity index (χ1v) is 44.2. The molecule has 0 aliphatic rings. The van der Waals surface area contributed by atoms with Crippen LogP contribution in [0.15, 0.2) is 469 Å². The number of benzene rings is 9. The van der Waals surface area contributed by atoms with E-state index in [1.54, 1.807) is 62.0 Å². The van der Waals surface area contributed by atoms with Crippen LogP contribution < -0.4 is 0 Å². The predicted octanol–water partition coefficient (Wildman–Crippen LogP) is 30.7. The molecule has 9 aromatic carbocycles. The number of hydrogen-bond acceptors (Lipinski definition) is 13. The quantitative estimate of drug-likeness (QED) is 0.0952. The van der Waals surface area contributed by atoms with E-state index >= 15 is 0 Å². The van der Waals surface area contributed by atoms with E-state index in [9.17, 15) is 0 Å². The molecule has 130 heavy (non-hydrogen) atoms. The zero-order valence-corrected chi connectivity index (χ0v) is 75.3. The van der Waals surface area contributed by atoms with Gasteiger partial charge in [-0.15, -0.1) is 0 Å². The average molecular weight is 1700 g/mol. The van der Waals surface area contributed by atoms with Crippen molar-refractivity contribution >= 4 is 0 Å². The normalized spacial score (nSPS) is 9.92. The van der Waals surface area contributed by atoms with Crippen LogP contribution in [0, 0.1) is 0 Å². The van der Waals surface area contributed by atoms with Gasteiger partial charge in [0.25, 0.3) is 0 Å². The molecule has 0 unspecified atom stereocenters. The lowest BCUT2D eigenvalue weighted by Gasteiger charge is -2.11. The van der Waals surface area contributed by atoms with Crippen LogP contribution in [0.2, 0.25) is 0 Å². The number of nitrogens with zero attached hydrogens (tertiary/aromatic N) is 13. The zero-order valence-electron chi connectivity index (χ0n) is 75.3. The van der Waals surface area contributed by atoms with Crippen LogP contribution in [0.3, 0.4) is 0 Å². The Morgan fingerprint density at radius 3 is 0.608 bits per heavy atom. The fourth-order valence-electron chi connectivity index (χ4n) is 13.7. The summed E-state index contributed by atoms with van der Waals surface area (Å²) >= 11 is 0. The van der Waals surface area contributed by atoms with E-state index < -0.39 is 0 Å². The van der Waals surface area contributed by atoms with Gasteiger partial charge in [-0.05, 0) is 271 Å². The molecule has 13 heteroatoms. The molecule has 0 amide bonds. The van der Waals surface area contributed by atoms with Crippen molar-refractivity contribution in [2.24, 2.45) is 0 Å². The molecule has 11 heterocycles. The first-order valence-electron chi connectivity index (χ1n) is 44.2. The van der Waals surface area contributed by atoms with Crippen molar-refractivity contribution in [3.8, 4) is 168 Å². The summed E-state index contributed by atoms with van der Waals surface area (Å²) in [4.78, 5) is 56.3. The third kappa shape index (κ3) is 27.2. The van der Waals surface area contributed by atoms with Crippen molar-refractivity contribution in [2.75, 3.05) is 0 Å². The van der Waals surface area contributed by atoms with E-state index in [0.717, 1.165) is 106 Å². The molecular weight excluding hydrogens is 1590 g/mol. The maximum atomic E-state index is 4.84. The highest BCUT2D eigenvalue weighted by molar-refractivity contribution is 5.85. The smallest absolute Gasteiger partial charge is 0.159 e. The minimum absolute atomic E-state index is 0.687. The van der Waals surface area contributed by atoms with E-state index in [1.807, 2.05) is 289 Å². The average Bonchev–Trinajstić information content (AvgIpc) is 0.826. The first-order chi connectivity index (χ1) is 64.5. The van der Waals surface area contributed by atoms with Crippen molar-refractivity contribution in [1.29, 1.82) is 0 Å². The predicted molar refractivity (Wildman–Crippen MR) is 542 cm³/mol. The highest BCUT2D eigenvalue weighted by Crippen LogP contribution is 2.38. The van der Waals surface area contributed by atoms with E-state index in [0.29, 0.717) is 11.6 Å². The molecule has 13 nitrogen and oxygen atoms in total. The standard InChI is InChI=1S/3C22H16N2.C21H15N3.C20H14N4.5C2H6/c1-2-8-17(9-3-1)18-14-19(21-10-4-6-12-23-21)16-20(15-18)22-11-5-7-13-24-22;1-2-6-17(7-3-1)20-12-21(18-8-4-10-23-15-18)14-22(13-20)19-9-5-11-24-16-19;1-2-4-17(5-3-1)20-14-21(18-6-10-23-11-7-18)16-22(15-20)19-8-12-24-13-9-19;1-2-4-16(5-3-1)19-14-20(17-6-10-22-11-7-17)24-21(15-19)18-8-12-23-13-9-18;1-2-6-15(7-3-1)16-12-17(19-21-8-4-9-22-19)14-18(13-16)20-23-10-5-11-24-20;5*1-2/h3*1-16H;1-15H;1-14H;5*1-2H3. The van der Waals surface area contributed by atoms with Gasteiger partial charge in [0, 0.05) is 156 Å². The summed E-state index contributed by atoms with van der Waals surface area (Å²) in [5.74, 6) is 1.37. The Bertz CT molecular complexity index is 4920. The monoisotopic (exact) mass is 1690 g/mol. The fraction of sp³-hybridized carbons (Fsp3) is 0.0855. The maximum Gasteiger partial charge on any atom is 0.159 e. The Morgan fingerprint density at radius 2 is 0.338 bits per heavy atom. The third-order valence-electron chi connectivity index (χ3n) is 19.6. The van der Waals surface area contributed by atoms with Gasteiger partial charge in [0.1, 0.15) is 0 Å². The molecule has 0 radical (unpaired) electrons. The number of rotatable bonds is 15. The molecule has 0 bridgehead atoms. The number of pyridine rings is 9. The summed E-state index contributed by atoms with van der Waals surface area (Å²) in [5, 5.41) is 0. The molecule has 0 N–H and O–H groups in total. The second-order valence-electron chi connectivity index (χ2n) is 27.7. The third-order valence-corrected chi connectivity index (χ3v) is 19.6. The Kier molecular flexibility index (Phi) is 37.9. The lowest BCUT2D eigenvalue weighted by atomic mass is 9.94. The maximum absolute atomic E-state index is 4.84. The minimum Gasteiger partial charge on any atom is -0.265 e. The van der Waals surface area contributed by atoms with Gasteiger partial charge in [0.15, 0.2) is 11.6 Å². The SMILES string of the molecule is CC.CC.CC.CC.CC.c1ccc(-c2cc(-c3ccccn3)cc(-c3ccccn3)c2)cc1.c1ccc(-c2cc(-c3cccnc3)cc(-c3cccnc3)c2)cc1.c1ccc(-c2cc(-c3ccncc3)cc(-c3ccncc3)c2)cc1.c1ccc(-c2cc(-c3ccncc3)nc(-c3ccncc3)c2)cc1.c1ccc(-c2cc(-c3ncccn3)cc(-c3ncccn3)c2)cc1. The van der Waals surface area contributed by atoms with Crippen molar-refractivity contribution in [1.82, 2.24) is 64.8 Å². The molecule has 0 aliphatic carbocycles. The van der Waals surface area contributed by atoms with Gasteiger partial charge in [0.05, 0.1) is 22.8 Å². The van der Waals surface area contributed by atoms with Gasteiger partial charge in [-0.1, -0.05) is 245 Å². The Labute approximate surface area is 766 Å². The van der Waals surface area contributed by atoms with Gasteiger partial charge in [-0.2, -0.15) is 0 Å². The molecule has 0 aliphatic heterocycles. The highest BCUT2D eigenvalue weighted by Gasteiger charge is 2.15. The van der Waals surface area contributed by atoms with Crippen LogP contribution >= 0.6 is 0 Å². The molecular formula is C117H107N13. The second-order valence-corrected chi connectivity index (χ2v) is 27.7. The topological polar surface area (TPSA) is 168 Å². The number of aromatic nitrogens is 13. The van der Waals surface area contributed by atoms with E-state index in [1.165, 1.54) is 50.1 Å². The van der Waals surface area contributed by atoms with Crippen LogP contribution in [0.5, 0.6) is 0 Å². The van der Waals surface area contributed by atoms with Gasteiger partial charge in [-0.25, -0.2) is 24.9 Å². The fourth-order valence-corrected chi connectivity index (χ4v) is 13.7. The summed E-state index contributed by atoms with van der Waals surface area (Å²) in [6.07, 6.45) is 32.5. The van der Waals surface area contributed by atoms with Crippen molar-refractivity contribution in [2.45, 2.75) is 69.2 Å². The van der Waals surface area contributed by atoms with Gasteiger partial charge >= 0.3 is 0 Å². The Morgan fingerprint density at radius 1 is 0.123 bits per heavy atom. The largest absolute Gasteiger partial charge is 0.265 e. The minimum atomic E-state index is 0.687. The van der Waals surface area contributed by atoms with Crippen LogP contribution in [0.25, 0.3) is 168 Å². The first kappa shape index (κ1) is 94.2. The van der Waals surface area contributed by atoms with Gasteiger partial charge in [-0.3, -0.25) is 39.9 Å². The van der Waals surface area contributed by atoms with Crippen molar-refractivity contribution in [3.05, 3.63) is 469 Å². The highest BCUT2D eigenvalue weighted by atomic mass is 14.9. The molecule has 0 spiro atoms. The molecule has 20 aromatic rings. The van der Waals surface area contributed by atoms with Crippen molar-refractivity contribution in [3.63, 3.8) is 0 Å². The molecule has 0 saturated heterocycles.